The third kappa shape index (κ3) is 9.46. The van der Waals surface area contributed by atoms with Gasteiger partial charge >= 0.3 is 0 Å². The van der Waals surface area contributed by atoms with Gasteiger partial charge in [0, 0.05) is 13.1 Å². The first-order valence-electron chi connectivity index (χ1n) is 6.51. The fourth-order valence-electron chi connectivity index (χ4n) is 1.31. The highest BCUT2D eigenvalue weighted by Crippen LogP contribution is 2.11. The zero-order chi connectivity index (χ0) is 15.7. The number of rotatable bonds is 9. The van der Waals surface area contributed by atoms with E-state index >= 15 is 0 Å². The molecule has 4 N–H and O–H groups in total. The van der Waals surface area contributed by atoms with Gasteiger partial charge in [0.05, 0.1) is 22.7 Å². The molecule has 6 nitrogen and oxygen atoms in total. The van der Waals surface area contributed by atoms with Crippen molar-refractivity contribution in [1.82, 2.24) is 10.6 Å². The Morgan fingerprint density at radius 1 is 0.900 bits per heavy atom. The molecule has 0 aliphatic rings. The van der Waals surface area contributed by atoms with Crippen LogP contribution in [0.2, 0.25) is 0 Å². The largest absolute Gasteiger partial charge is 0.392 e. The molecule has 0 heterocycles. The second-order valence-electron chi connectivity index (χ2n) is 4.80. The fourth-order valence-corrected chi connectivity index (χ4v) is 1.79. The monoisotopic (exact) mass is 324 g/mol. The Morgan fingerprint density at radius 3 is 1.45 bits per heavy atom. The van der Waals surface area contributed by atoms with Crippen LogP contribution < -0.4 is 10.6 Å². The van der Waals surface area contributed by atoms with Gasteiger partial charge < -0.3 is 20.8 Å². The minimum absolute atomic E-state index is 0.176. The summed E-state index contributed by atoms with van der Waals surface area (Å²) in [4.78, 5) is 23.2. The molecule has 0 aliphatic heterocycles. The van der Waals surface area contributed by atoms with Crippen LogP contribution >= 0.6 is 25.3 Å². The van der Waals surface area contributed by atoms with Gasteiger partial charge in [0.1, 0.15) is 0 Å². The molecular formula is C12H24N2O4S2. The third-order valence-electron chi connectivity index (χ3n) is 2.46. The van der Waals surface area contributed by atoms with E-state index in [1.54, 1.807) is 13.8 Å². The molecule has 0 aromatic rings. The molecule has 0 radical (unpaired) electrons. The van der Waals surface area contributed by atoms with E-state index in [2.05, 4.69) is 35.9 Å². The maximum atomic E-state index is 11.6. The average Bonchev–Trinajstić information content (AvgIpc) is 2.38. The van der Waals surface area contributed by atoms with Gasteiger partial charge in [-0.3, -0.25) is 9.59 Å². The van der Waals surface area contributed by atoms with E-state index in [0.29, 0.717) is 12.8 Å². The fraction of sp³-hybridized carbons (Fsp3) is 0.833. The molecular weight excluding hydrogens is 300 g/mol. The third-order valence-corrected chi connectivity index (χ3v) is 3.45. The molecule has 0 fully saturated rings. The van der Waals surface area contributed by atoms with Crippen molar-refractivity contribution in [3.8, 4) is 0 Å². The minimum atomic E-state index is -0.608. The van der Waals surface area contributed by atoms with Crippen LogP contribution in [0.15, 0.2) is 0 Å². The highest BCUT2D eigenvalue weighted by Gasteiger charge is 2.19. The van der Waals surface area contributed by atoms with Crippen molar-refractivity contribution < 1.29 is 19.8 Å². The van der Waals surface area contributed by atoms with Crippen LogP contribution in [0.5, 0.6) is 0 Å². The molecule has 0 spiro atoms. The van der Waals surface area contributed by atoms with Crippen LogP contribution in [0.1, 0.15) is 26.7 Å². The van der Waals surface area contributed by atoms with Gasteiger partial charge in [-0.2, -0.15) is 25.3 Å². The first-order chi connectivity index (χ1) is 9.23. The Kier molecular flexibility index (Phi) is 10.1. The van der Waals surface area contributed by atoms with Crippen LogP contribution in [-0.4, -0.2) is 57.8 Å². The Morgan fingerprint density at radius 2 is 1.20 bits per heavy atom. The summed E-state index contributed by atoms with van der Waals surface area (Å²) in [6.07, 6.45) is -0.428. The number of nitrogens with one attached hydrogen (secondary N) is 2. The Hall–Kier alpha value is -0.440. The summed E-state index contributed by atoms with van der Waals surface area (Å²) in [5, 5.41) is 22.1. The van der Waals surface area contributed by atoms with E-state index in [0.717, 1.165) is 0 Å². The number of thiol groups is 2. The van der Waals surface area contributed by atoms with Crippen molar-refractivity contribution in [2.24, 2.45) is 0 Å². The van der Waals surface area contributed by atoms with Gasteiger partial charge in [-0.05, 0) is 26.7 Å². The second-order valence-corrected chi connectivity index (χ2v) is 6.04. The lowest BCUT2D eigenvalue weighted by molar-refractivity contribution is -0.122. The summed E-state index contributed by atoms with van der Waals surface area (Å²) in [5.74, 6) is -0.557. The first kappa shape index (κ1) is 19.6. The van der Waals surface area contributed by atoms with E-state index < -0.39 is 22.7 Å². The van der Waals surface area contributed by atoms with Crippen LogP contribution in [-0.2, 0) is 9.59 Å². The lowest BCUT2D eigenvalue weighted by atomic mass is 10.1. The first-order valence-corrected chi connectivity index (χ1v) is 7.55. The zero-order valence-electron chi connectivity index (χ0n) is 11.7. The molecule has 4 atom stereocenters. The van der Waals surface area contributed by atoms with Gasteiger partial charge in [0.15, 0.2) is 0 Å². The summed E-state index contributed by atoms with van der Waals surface area (Å²) in [6, 6.07) is 0. The van der Waals surface area contributed by atoms with Gasteiger partial charge in [0.25, 0.3) is 0 Å². The molecule has 8 heteroatoms. The van der Waals surface area contributed by atoms with E-state index in [1.807, 2.05) is 0 Å². The average molecular weight is 324 g/mol. The van der Waals surface area contributed by atoms with E-state index in [9.17, 15) is 9.59 Å². The van der Waals surface area contributed by atoms with Crippen LogP contribution in [0.3, 0.4) is 0 Å². The van der Waals surface area contributed by atoms with Crippen molar-refractivity contribution in [1.29, 1.82) is 0 Å². The van der Waals surface area contributed by atoms with Crippen LogP contribution in [0, 0.1) is 0 Å². The molecule has 0 aromatic heterocycles. The molecule has 0 bridgehead atoms. The maximum Gasteiger partial charge on any atom is 0.232 e. The highest BCUT2D eigenvalue weighted by molar-refractivity contribution is 7.82. The second kappa shape index (κ2) is 10.3. The summed E-state index contributed by atoms with van der Waals surface area (Å²) >= 11 is 8.31. The quantitative estimate of drug-likeness (QED) is 0.318. The molecule has 0 aromatic carbocycles. The number of hydrogen-bond acceptors (Lipinski definition) is 6. The molecule has 0 saturated carbocycles. The predicted molar refractivity (Wildman–Crippen MR) is 84.2 cm³/mol. The standard InChI is InChI=1S/C12H24N2O4S2/c1-7(15)5-13-11(17)9(19)3-4-10(20)12(18)14-6-8(2)16/h7-10,15-16,19-20H,3-6H2,1-2H3,(H,13,17)(H,14,18). The topological polar surface area (TPSA) is 98.7 Å². The molecule has 2 amide bonds. The van der Waals surface area contributed by atoms with Gasteiger partial charge in [-0.25, -0.2) is 0 Å². The summed E-state index contributed by atoms with van der Waals surface area (Å²) in [5.41, 5.74) is 0. The van der Waals surface area contributed by atoms with Crippen molar-refractivity contribution in [3.05, 3.63) is 0 Å². The van der Waals surface area contributed by atoms with Crippen molar-refractivity contribution in [2.75, 3.05) is 13.1 Å². The zero-order valence-corrected chi connectivity index (χ0v) is 13.5. The van der Waals surface area contributed by atoms with Crippen LogP contribution in [0.25, 0.3) is 0 Å². The molecule has 0 aliphatic carbocycles. The van der Waals surface area contributed by atoms with Gasteiger partial charge in [-0.15, -0.1) is 0 Å². The SMILES string of the molecule is CC(O)CNC(=O)C(S)CCC(S)C(=O)NCC(C)O. The molecule has 0 rings (SSSR count). The van der Waals surface area contributed by atoms with E-state index in [1.165, 1.54) is 0 Å². The molecule has 0 saturated heterocycles. The van der Waals surface area contributed by atoms with Crippen molar-refractivity contribution >= 4 is 37.1 Å². The Labute approximate surface area is 130 Å². The molecule has 4 unspecified atom stereocenters. The van der Waals surface area contributed by atoms with Crippen molar-refractivity contribution in [2.45, 2.75) is 49.4 Å². The lowest BCUT2D eigenvalue weighted by Crippen LogP contribution is -2.38. The van der Waals surface area contributed by atoms with Gasteiger partial charge in [0.2, 0.25) is 11.8 Å². The number of carbonyl (C=O) groups excluding carboxylic acids is 2. The summed E-state index contributed by atoms with van der Waals surface area (Å²) in [7, 11) is 0. The summed E-state index contributed by atoms with van der Waals surface area (Å²) in [6.45, 7) is 3.50. The maximum absolute atomic E-state index is 11.6. The predicted octanol–water partition coefficient (Wildman–Crippen LogP) is -0.643. The highest BCUT2D eigenvalue weighted by atomic mass is 32.1. The number of hydrogen-bond donors (Lipinski definition) is 6. The smallest absolute Gasteiger partial charge is 0.232 e. The van der Waals surface area contributed by atoms with E-state index in [-0.39, 0.29) is 24.9 Å². The van der Waals surface area contributed by atoms with Crippen molar-refractivity contribution in [3.63, 3.8) is 0 Å². The van der Waals surface area contributed by atoms with E-state index in [4.69, 9.17) is 10.2 Å². The Balaban J connectivity index is 3.95. The summed E-state index contributed by atoms with van der Waals surface area (Å²) < 4.78 is 0. The molecule has 118 valence electrons. The number of aliphatic hydroxyl groups excluding tert-OH is 2. The number of aliphatic hydroxyl groups is 2. The lowest BCUT2D eigenvalue weighted by Gasteiger charge is -2.15. The normalized spacial score (nSPS) is 16.9. The number of amides is 2. The molecule has 20 heavy (non-hydrogen) atoms. The van der Waals surface area contributed by atoms with Crippen LogP contribution in [0.4, 0.5) is 0 Å². The number of carbonyl (C=O) groups is 2. The van der Waals surface area contributed by atoms with Gasteiger partial charge in [-0.1, -0.05) is 0 Å². The minimum Gasteiger partial charge on any atom is -0.392 e. The Bertz CT molecular complexity index is 284.